The summed E-state index contributed by atoms with van der Waals surface area (Å²) < 4.78 is 7.32. The lowest BCUT2D eigenvalue weighted by molar-refractivity contribution is 0.0977. The van der Waals surface area contributed by atoms with Crippen molar-refractivity contribution in [1.82, 2.24) is 19.9 Å². The third-order valence-corrected chi connectivity index (χ3v) is 4.01. The highest BCUT2D eigenvalue weighted by atomic mass is 32.1. The van der Waals surface area contributed by atoms with E-state index in [9.17, 15) is 4.79 Å². The number of hydrogen-bond donors (Lipinski definition) is 2. The molecule has 0 aliphatic rings. The van der Waals surface area contributed by atoms with Gasteiger partial charge in [0.15, 0.2) is 10.8 Å². The fourth-order valence-corrected chi connectivity index (χ4v) is 2.74. The number of fused-ring (bicyclic) bond motifs is 1. The Balaban J connectivity index is 1.40. The molecule has 1 amide bonds. The number of benzene rings is 2. The molecule has 2 aromatic carbocycles. The smallest absolute Gasteiger partial charge is 0.260 e. The number of hydrogen-bond acceptors (Lipinski definition) is 5. The molecule has 0 spiro atoms. The van der Waals surface area contributed by atoms with Gasteiger partial charge in [-0.1, -0.05) is 24.3 Å². The first-order valence-corrected chi connectivity index (χ1v) is 8.83. The van der Waals surface area contributed by atoms with Crippen LogP contribution in [0.1, 0.15) is 10.4 Å². The van der Waals surface area contributed by atoms with E-state index in [0.29, 0.717) is 22.6 Å². The number of nitrogens with zero attached hydrogens (tertiary/aromatic N) is 3. The molecule has 0 fully saturated rings. The Labute approximate surface area is 166 Å². The molecule has 0 aliphatic heterocycles. The van der Waals surface area contributed by atoms with Crippen LogP contribution in [0.4, 0.5) is 5.69 Å². The Morgan fingerprint density at radius 2 is 1.86 bits per heavy atom. The molecule has 2 heterocycles. The van der Waals surface area contributed by atoms with Gasteiger partial charge in [0.2, 0.25) is 0 Å². The zero-order valence-electron chi connectivity index (χ0n) is 14.6. The van der Waals surface area contributed by atoms with Crippen molar-refractivity contribution in [2.45, 2.75) is 0 Å². The quantitative estimate of drug-likeness (QED) is 0.519. The summed E-state index contributed by atoms with van der Waals surface area (Å²) in [7, 11) is 0. The molecule has 2 N–H and O–H groups in total. The molecule has 8 heteroatoms. The van der Waals surface area contributed by atoms with E-state index in [0.717, 1.165) is 5.75 Å². The minimum atomic E-state index is -0.376. The lowest BCUT2D eigenvalue weighted by atomic mass is 10.3. The third-order valence-electron chi connectivity index (χ3n) is 3.81. The zero-order chi connectivity index (χ0) is 19.3. The predicted molar refractivity (Wildman–Crippen MR) is 110 cm³/mol. The standard InChI is InChI=1S/C20H15N5O2S/c26-19(14-12-21-18-9-10-22-25(18)13-14)24-20(28)23-15-5-4-8-17(11-15)27-16-6-2-1-3-7-16/h1-13H,(H2,23,24,26,28). The van der Waals surface area contributed by atoms with Crippen molar-refractivity contribution in [2.24, 2.45) is 0 Å². The number of thiocarbonyl (C=S) groups is 1. The molecule has 7 nitrogen and oxygen atoms in total. The van der Waals surface area contributed by atoms with Gasteiger partial charge in [0.25, 0.3) is 5.91 Å². The monoisotopic (exact) mass is 389 g/mol. The largest absolute Gasteiger partial charge is 0.457 e. The highest BCUT2D eigenvalue weighted by Crippen LogP contribution is 2.23. The van der Waals surface area contributed by atoms with Gasteiger partial charge in [-0.05, 0) is 36.5 Å². The van der Waals surface area contributed by atoms with Gasteiger partial charge < -0.3 is 10.1 Å². The first-order valence-electron chi connectivity index (χ1n) is 8.42. The first-order chi connectivity index (χ1) is 13.7. The maximum absolute atomic E-state index is 12.4. The zero-order valence-corrected chi connectivity index (χ0v) is 15.4. The molecule has 138 valence electrons. The van der Waals surface area contributed by atoms with E-state index in [-0.39, 0.29) is 11.0 Å². The molecule has 0 bridgehead atoms. The Bertz CT molecular complexity index is 1140. The highest BCUT2D eigenvalue weighted by Gasteiger charge is 2.10. The van der Waals surface area contributed by atoms with Crippen molar-refractivity contribution < 1.29 is 9.53 Å². The summed E-state index contributed by atoms with van der Waals surface area (Å²) in [6.07, 6.45) is 4.68. The molecule has 4 rings (SSSR count). The van der Waals surface area contributed by atoms with E-state index in [4.69, 9.17) is 17.0 Å². The summed E-state index contributed by atoms with van der Waals surface area (Å²) in [5.74, 6) is 1.01. The fraction of sp³-hybridized carbons (Fsp3) is 0. The van der Waals surface area contributed by atoms with Gasteiger partial charge >= 0.3 is 0 Å². The normalized spacial score (nSPS) is 10.4. The number of aromatic nitrogens is 3. The number of amides is 1. The molecule has 4 aromatic rings. The minimum absolute atomic E-state index is 0.169. The van der Waals surface area contributed by atoms with Gasteiger partial charge in [0.1, 0.15) is 11.5 Å². The van der Waals surface area contributed by atoms with Crippen LogP contribution in [-0.4, -0.2) is 25.6 Å². The lowest BCUT2D eigenvalue weighted by Gasteiger charge is -2.11. The minimum Gasteiger partial charge on any atom is -0.457 e. The third kappa shape index (κ3) is 4.13. The maximum Gasteiger partial charge on any atom is 0.260 e. The second kappa shape index (κ2) is 7.85. The topological polar surface area (TPSA) is 80.5 Å². The average Bonchev–Trinajstić information content (AvgIpc) is 3.16. The summed E-state index contributed by atoms with van der Waals surface area (Å²) in [6, 6.07) is 18.5. The van der Waals surface area contributed by atoms with Crippen molar-refractivity contribution >= 4 is 34.6 Å². The number of para-hydroxylation sites is 1. The lowest BCUT2D eigenvalue weighted by Crippen LogP contribution is -2.34. The summed E-state index contributed by atoms with van der Waals surface area (Å²) >= 11 is 5.24. The van der Waals surface area contributed by atoms with Crippen LogP contribution in [0.25, 0.3) is 5.65 Å². The van der Waals surface area contributed by atoms with Crippen molar-refractivity contribution in [1.29, 1.82) is 0 Å². The molecule has 0 saturated heterocycles. The van der Waals surface area contributed by atoms with Crippen LogP contribution in [0.15, 0.2) is 79.3 Å². The predicted octanol–water partition coefficient (Wildman–Crippen LogP) is 3.65. The fourth-order valence-electron chi connectivity index (χ4n) is 2.53. The van der Waals surface area contributed by atoms with Crippen LogP contribution < -0.4 is 15.4 Å². The van der Waals surface area contributed by atoms with Crippen molar-refractivity contribution in [3.8, 4) is 11.5 Å². The molecule has 2 aromatic heterocycles. The highest BCUT2D eigenvalue weighted by molar-refractivity contribution is 7.80. The summed E-state index contributed by atoms with van der Waals surface area (Å²) in [4.78, 5) is 16.5. The number of nitrogens with one attached hydrogen (secondary N) is 2. The molecule has 0 unspecified atom stereocenters. The van der Waals surface area contributed by atoms with Gasteiger partial charge in [-0.15, -0.1) is 0 Å². The van der Waals surface area contributed by atoms with E-state index in [1.807, 2.05) is 48.5 Å². The Morgan fingerprint density at radius 3 is 2.71 bits per heavy atom. The Hall–Kier alpha value is -3.78. The van der Waals surface area contributed by atoms with Gasteiger partial charge in [0, 0.05) is 30.2 Å². The molecular formula is C20H15N5O2S. The van der Waals surface area contributed by atoms with Crippen LogP contribution in [-0.2, 0) is 0 Å². The van der Waals surface area contributed by atoms with Crippen LogP contribution in [0.2, 0.25) is 0 Å². The van der Waals surface area contributed by atoms with Gasteiger partial charge in [-0.25, -0.2) is 9.50 Å². The van der Waals surface area contributed by atoms with E-state index >= 15 is 0 Å². The number of rotatable bonds is 4. The van der Waals surface area contributed by atoms with Crippen LogP contribution >= 0.6 is 12.2 Å². The second-order valence-corrected chi connectivity index (χ2v) is 6.24. The van der Waals surface area contributed by atoms with E-state index in [2.05, 4.69) is 20.7 Å². The molecule has 28 heavy (non-hydrogen) atoms. The second-order valence-electron chi connectivity index (χ2n) is 5.83. The van der Waals surface area contributed by atoms with Crippen molar-refractivity contribution in [3.63, 3.8) is 0 Å². The van der Waals surface area contributed by atoms with Gasteiger partial charge in [-0.3, -0.25) is 10.1 Å². The molecule has 0 saturated carbocycles. The summed E-state index contributed by atoms with van der Waals surface area (Å²) in [6.45, 7) is 0. The van der Waals surface area contributed by atoms with Crippen LogP contribution in [0.3, 0.4) is 0 Å². The Kier molecular flexibility index (Phi) is 4.94. The van der Waals surface area contributed by atoms with Crippen molar-refractivity contribution in [3.05, 3.63) is 84.8 Å². The van der Waals surface area contributed by atoms with Crippen molar-refractivity contribution in [2.75, 3.05) is 5.32 Å². The van der Waals surface area contributed by atoms with E-state index in [1.54, 1.807) is 24.5 Å². The number of ether oxygens (including phenoxy) is 1. The number of anilines is 1. The van der Waals surface area contributed by atoms with Crippen LogP contribution in [0, 0.1) is 0 Å². The molecule has 0 radical (unpaired) electrons. The summed E-state index contributed by atoms with van der Waals surface area (Å²) in [5, 5.41) is 9.84. The van der Waals surface area contributed by atoms with Gasteiger partial charge in [0.05, 0.1) is 11.8 Å². The number of carbonyl (C=O) groups is 1. The van der Waals surface area contributed by atoms with E-state index in [1.165, 1.54) is 10.7 Å². The average molecular weight is 389 g/mol. The molecule has 0 atom stereocenters. The molecule has 0 aliphatic carbocycles. The molecular weight excluding hydrogens is 374 g/mol. The maximum atomic E-state index is 12.4. The van der Waals surface area contributed by atoms with E-state index < -0.39 is 0 Å². The summed E-state index contributed by atoms with van der Waals surface area (Å²) in [5.41, 5.74) is 1.70. The Morgan fingerprint density at radius 1 is 1.04 bits per heavy atom. The first kappa shape index (κ1) is 17.6. The van der Waals surface area contributed by atoms with Gasteiger partial charge in [-0.2, -0.15) is 5.10 Å². The SMILES string of the molecule is O=C(NC(=S)Nc1cccc(Oc2ccccc2)c1)c1cnc2ccnn2c1. The van der Waals surface area contributed by atoms with Crippen LogP contribution in [0.5, 0.6) is 11.5 Å². The number of carbonyl (C=O) groups excluding carboxylic acids is 1.